The molecule has 0 amide bonds. The van der Waals surface area contributed by atoms with E-state index in [2.05, 4.69) is 30.3 Å². The normalized spacial score (nSPS) is 15.1. The quantitative estimate of drug-likeness (QED) is 0.769. The highest BCUT2D eigenvalue weighted by atomic mass is 16.5. The first-order valence-corrected chi connectivity index (χ1v) is 8.54. The van der Waals surface area contributed by atoms with Crippen molar-refractivity contribution in [1.82, 2.24) is 0 Å². The second-order valence-electron chi connectivity index (χ2n) is 6.44. The van der Waals surface area contributed by atoms with Crippen molar-refractivity contribution < 1.29 is 4.74 Å². The van der Waals surface area contributed by atoms with E-state index in [-0.39, 0.29) is 0 Å². The third kappa shape index (κ3) is 4.60. The Morgan fingerprint density at radius 2 is 1.48 bits per heavy atom. The van der Waals surface area contributed by atoms with Gasteiger partial charge in [0, 0.05) is 0 Å². The van der Waals surface area contributed by atoms with Crippen LogP contribution in [0.3, 0.4) is 0 Å². The van der Waals surface area contributed by atoms with Crippen molar-refractivity contribution >= 4 is 0 Å². The van der Waals surface area contributed by atoms with Crippen LogP contribution in [-0.4, -0.2) is 6.61 Å². The van der Waals surface area contributed by atoms with Gasteiger partial charge < -0.3 is 4.74 Å². The minimum Gasteiger partial charge on any atom is -0.493 e. The summed E-state index contributed by atoms with van der Waals surface area (Å²) in [6.45, 7) is 0.856. The molecule has 0 heterocycles. The first-order valence-electron chi connectivity index (χ1n) is 8.54. The molecular formula is C21H23NO. The molecule has 1 aliphatic rings. The fraction of sp³-hybridized carbons (Fsp3) is 0.381. The van der Waals surface area contributed by atoms with Crippen LogP contribution >= 0.6 is 0 Å². The van der Waals surface area contributed by atoms with Crippen molar-refractivity contribution in [3.8, 4) is 11.8 Å². The van der Waals surface area contributed by atoms with Crippen molar-refractivity contribution in [2.75, 3.05) is 6.61 Å². The molecule has 0 spiro atoms. The molecule has 0 saturated heterocycles. The van der Waals surface area contributed by atoms with Gasteiger partial charge in [0.05, 0.1) is 18.2 Å². The molecule has 0 aromatic heterocycles. The van der Waals surface area contributed by atoms with Gasteiger partial charge in [-0.25, -0.2) is 0 Å². The Labute approximate surface area is 138 Å². The highest BCUT2D eigenvalue weighted by molar-refractivity contribution is 5.35. The molecule has 2 aromatic carbocycles. The molecule has 0 unspecified atom stereocenters. The third-order valence-corrected chi connectivity index (χ3v) is 4.63. The van der Waals surface area contributed by atoms with Crippen LogP contribution in [0, 0.1) is 17.2 Å². The van der Waals surface area contributed by atoms with Gasteiger partial charge in [-0.1, -0.05) is 43.5 Å². The number of ether oxygens (including phenoxy) is 1. The van der Waals surface area contributed by atoms with Gasteiger partial charge in [0.2, 0.25) is 0 Å². The first-order chi connectivity index (χ1) is 11.3. The second-order valence-corrected chi connectivity index (χ2v) is 6.44. The Kier molecular flexibility index (Phi) is 5.32. The predicted octanol–water partition coefficient (Wildman–Crippen LogP) is 5.11. The summed E-state index contributed by atoms with van der Waals surface area (Å²) in [7, 11) is 0. The predicted molar refractivity (Wildman–Crippen MR) is 92.5 cm³/mol. The molecule has 0 N–H and O–H groups in total. The lowest BCUT2D eigenvalue weighted by Gasteiger charge is -2.21. The van der Waals surface area contributed by atoms with Gasteiger partial charge >= 0.3 is 0 Å². The van der Waals surface area contributed by atoms with Gasteiger partial charge in [-0.05, 0) is 60.6 Å². The number of nitriles is 1. The van der Waals surface area contributed by atoms with E-state index >= 15 is 0 Å². The monoisotopic (exact) mass is 305 g/mol. The number of benzene rings is 2. The van der Waals surface area contributed by atoms with Crippen molar-refractivity contribution in [2.24, 2.45) is 5.92 Å². The molecule has 0 bridgehead atoms. The maximum Gasteiger partial charge on any atom is 0.119 e. The van der Waals surface area contributed by atoms with Crippen molar-refractivity contribution in [3.63, 3.8) is 0 Å². The summed E-state index contributed by atoms with van der Waals surface area (Å²) in [6, 6.07) is 18.3. The zero-order valence-electron chi connectivity index (χ0n) is 13.5. The Balaban J connectivity index is 1.52. The van der Waals surface area contributed by atoms with E-state index < -0.39 is 0 Å². The van der Waals surface area contributed by atoms with Crippen LogP contribution in [0.25, 0.3) is 0 Å². The molecule has 1 saturated carbocycles. The Bertz CT molecular complexity index is 646. The van der Waals surface area contributed by atoms with Crippen LogP contribution in [0.1, 0.15) is 48.8 Å². The third-order valence-electron chi connectivity index (χ3n) is 4.63. The van der Waals surface area contributed by atoms with Crippen molar-refractivity contribution in [3.05, 3.63) is 65.2 Å². The van der Waals surface area contributed by atoms with E-state index in [4.69, 9.17) is 10.00 Å². The van der Waals surface area contributed by atoms with Crippen molar-refractivity contribution in [1.29, 1.82) is 5.26 Å². The Morgan fingerprint density at radius 3 is 2.09 bits per heavy atom. The molecule has 2 nitrogen and oxygen atoms in total. The van der Waals surface area contributed by atoms with E-state index in [0.29, 0.717) is 5.56 Å². The smallest absolute Gasteiger partial charge is 0.119 e. The molecule has 1 aliphatic carbocycles. The highest BCUT2D eigenvalue weighted by Gasteiger charge is 2.13. The number of rotatable bonds is 5. The average molecular weight is 305 g/mol. The molecule has 0 aliphatic heterocycles. The Hall–Kier alpha value is -2.27. The standard InChI is InChI=1S/C21H23NO/c22-15-19-8-6-17(7-9-19)14-18-10-12-21(13-11-18)23-16-20-4-2-1-3-5-20/h6-13,20H,1-5,14,16H2. The molecule has 118 valence electrons. The summed E-state index contributed by atoms with van der Waals surface area (Å²) in [5, 5.41) is 8.83. The van der Waals surface area contributed by atoms with Crippen molar-refractivity contribution in [2.45, 2.75) is 38.5 Å². The summed E-state index contributed by atoms with van der Waals surface area (Å²) in [6.07, 6.45) is 7.62. The second kappa shape index (κ2) is 7.83. The number of nitrogens with zero attached hydrogens (tertiary/aromatic N) is 1. The van der Waals surface area contributed by atoms with Crippen LogP contribution < -0.4 is 4.74 Å². The van der Waals surface area contributed by atoms with E-state index in [1.165, 1.54) is 43.2 Å². The summed E-state index contributed by atoms with van der Waals surface area (Å²) in [5.41, 5.74) is 3.19. The maximum absolute atomic E-state index is 8.83. The van der Waals surface area contributed by atoms with Crippen LogP contribution in [0.5, 0.6) is 5.75 Å². The van der Waals surface area contributed by atoms with E-state index in [1.807, 2.05) is 24.3 Å². The van der Waals surface area contributed by atoms with Gasteiger partial charge in [-0.2, -0.15) is 5.26 Å². The largest absolute Gasteiger partial charge is 0.493 e. The highest BCUT2D eigenvalue weighted by Crippen LogP contribution is 2.25. The van der Waals surface area contributed by atoms with E-state index in [0.717, 1.165) is 24.7 Å². The van der Waals surface area contributed by atoms with Gasteiger partial charge in [-0.3, -0.25) is 0 Å². The SMILES string of the molecule is N#Cc1ccc(Cc2ccc(OCC3CCCCC3)cc2)cc1. The lowest BCUT2D eigenvalue weighted by molar-refractivity contribution is 0.209. The summed E-state index contributed by atoms with van der Waals surface area (Å²) >= 11 is 0. The van der Waals surface area contributed by atoms with E-state index in [9.17, 15) is 0 Å². The first kappa shape index (κ1) is 15.6. The summed E-state index contributed by atoms with van der Waals surface area (Å²) < 4.78 is 5.94. The molecule has 23 heavy (non-hydrogen) atoms. The molecule has 3 rings (SSSR count). The zero-order chi connectivity index (χ0) is 15.9. The zero-order valence-corrected chi connectivity index (χ0v) is 13.5. The Morgan fingerprint density at radius 1 is 0.870 bits per heavy atom. The minimum atomic E-state index is 0.709. The van der Waals surface area contributed by atoms with E-state index in [1.54, 1.807) is 0 Å². The number of hydrogen-bond acceptors (Lipinski definition) is 2. The molecule has 0 atom stereocenters. The molecular weight excluding hydrogens is 282 g/mol. The average Bonchev–Trinajstić information content (AvgIpc) is 2.63. The molecule has 1 fully saturated rings. The number of hydrogen-bond donors (Lipinski definition) is 0. The van der Waals surface area contributed by atoms with Gasteiger partial charge in [-0.15, -0.1) is 0 Å². The maximum atomic E-state index is 8.83. The fourth-order valence-electron chi connectivity index (χ4n) is 3.20. The van der Waals surface area contributed by atoms with Gasteiger partial charge in [0.15, 0.2) is 0 Å². The summed E-state index contributed by atoms with van der Waals surface area (Å²) in [4.78, 5) is 0. The van der Waals surface area contributed by atoms with Crippen LogP contribution in [0.15, 0.2) is 48.5 Å². The van der Waals surface area contributed by atoms with Gasteiger partial charge in [0.25, 0.3) is 0 Å². The van der Waals surface area contributed by atoms with Crippen LogP contribution in [0.2, 0.25) is 0 Å². The fourth-order valence-corrected chi connectivity index (χ4v) is 3.20. The minimum absolute atomic E-state index is 0.709. The summed E-state index contributed by atoms with van der Waals surface area (Å²) in [5.74, 6) is 1.71. The molecule has 2 heteroatoms. The van der Waals surface area contributed by atoms with Crippen LogP contribution in [0.4, 0.5) is 0 Å². The topological polar surface area (TPSA) is 33.0 Å². The lowest BCUT2D eigenvalue weighted by atomic mass is 9.90. The van der Waals surface area contributed by atoms with Crippen LogP contribution in [-0.2, 0) is 6.42 Å². The molecule has 2 aromatic rings. The van der Waals surface area contributed by atoms with Gasteiger partial charge in [0.1, 0.15) is 5.75 Å². The lowest BCUT2D eigenvalue weighted by Crippen LogP contribution is -2.15. The molecule has 0 radical (unpaired) electrons.